The Labute approximate surface area is 163 Å². The Balaban J connectivity index is 1.81. The van der Waals surface area contributed by atoms with Gasteiger partial charge in [-0.25, -0.2) is 4.98 Å². The van der Waals surface area contributed by atoms with Crippen molar-refractivity contribution in [3.63, 3.8) is 0 Å². The van der Waals surface area contributed by atoms with E-state index >= 15 is 0 Å². The van der Waals surface area contributed by atoms with Gasteiger partial charge in [-0.1, -0.05) is 12.1 Å². The zero-order valence-electron chi connectivity index (χ0n) is 15.6. The van der Waals surface area contributed by atoms with Crippen LogP contribution in [0.1, 0.15) is 30.0 Å². The Bertz CT molecular complexity index is 1070. The van der Waals surface area contributed by atoms with Crippen LogP contribution in [0.5, 0.6) is 0 Å². The molecule has 0 saturated heterocycles. The zero-order valence-corrected chi connectivity index (χ0v) is 15.6. The van der Waals surface area contributed by atoms with Gasteiger partial charge in [-0.3, -0.25) is 4.79 Å². The van der Waals surface area contributed by atoms with E-state index in [0.29, 0.717) is 37.1 Å². The van der Waals surface area contributed by atoms with Gasteiger partial charge >= 0.3 is 5.97 Å². The van der Waals surface area contributed by atoms with Gasteiger partial charge in [0.15, 0.2) is 0 Å². The molecule has 6 heteroatoms. The first-order chi connectivity index (χ1) is 13.6. The second kappa shape index (κ2) is 8.83. The molecule has 6 nitrogen and oxygen atoms in total. The maximum absolute atomic E-state index is 12.5. The summed E-state index contributed by atoms with van der Waals surface area (Å²) >= 11 is 0. The van der Waals surface area contributed by atoms with Crippen molar-refractivity contribution in [2.24, 2.45) is 5.92 Å². The predicted octanol–water partition coefficient (Wildman–Crippen LogP) is 3.59. The lowest BCUT2D eigenvalue weighted by Crippen LogP contribution is -2.23. The van der Waals surface area contributed by atoms with Crippen LogP contribution >= 0.6 is 0 Å². The van der Waals surface area contributed by atoms with Crippen molar-refractivity contribution in [1.29, 1.82) is 10.5 Å². The second-order valence-electron chi connectivity index (χ2n) is 6.51. The molecule has 2 aromatic carbocycles. The van der Waals surface area contributed by atoms with E-state index in [2.05, 4.69) is 17.1 Å². The third-order valence-corrected chi connectivity index (χ3v) is 4.62. The standard InChI is InChI=1S/C22H20N4O2/c1-2-28-22(27)19(8-6-16-4-3-5-17(10-16)12-23)14-26-15-25-20-9-7-18(13-24)11-21(20)26/h3-5,7,9-11,15,19H,2,6,8,14H2,1H3. The van der Waals surface area contributed by atoms with E-state index in [9.17, 15) is 4.79 Å². The number of hydrogen-bond acceptors (Lipinski definition) is 5. The molecule has 1 unspecified atom stereocenters. The molecule has 0 N–H and O–H groups in total. The van der Waals surface area contributed by atoms with Crippen molar-refractivity contribution in [1.82, 2.24) is 9.55 Å². The molecule has 1 atom stereocenters. The number of aromatic nitrogens is 2. The maximum Gasteiger partial charge on any atom is 0.310 e. The lowest BCUT2D eigenvalue weighted by molar-refractivity contribution is -0.148. The van der Waals surface area contributed by atoms with E-state index in [1.54, 1.807) is 37.5 Å². The number of hydrogen-bond donors (Lipinski definition) is 0. The molecule has 28 heavy (non-hydrogen) atoms. The number of imidazole rings is 1. The Hall–Kier alpha value is -3.64. The van der Waals surface area contributed by atoms with Crippen molar-refractivity contribution < 1.29 is 9.53 Å². The number of rotatable bonds is 7. The second-order valence-corrected chi connectivity index (χ2v) is 6.51. The summed E-state index contributed by atoms with van der Waals surface area (Å²) in [6, 6.07) is 17.0. The molecule has 3 rings (SSSR count). The number of esters is 1. The third kappa shape index (κ3) is 4.36. The number of nitriles is 2. The molecule has 1 aromatic heterocycles. The topological polar surface area (TPSA) is 91.7 Å². The molecule has 0 spiro atoms. The van der Waals surface area contributed by atoms with Crippen LogP contribution in [0, 0.1) is 28.6 Å². The van der Waals surface area contributed by atoms with Crippen LogP contribution in [0.3, 0.4) is 0 Å². The average Bonchev–Trinajstić information content (AvgIpc) is 3.13. The average molecular weight is 372 g/mol. The summed E-state index contributed by atoms with van der Waals surface area (Å²) in [4.78, 5) is 16.9. The van der Waals surface area contributed by atoms with E-state index < -0.39 is 0 Å². The van der Waals surface area contributed by atoms with E-state index in [0.717, 1.165) is 16.6 Å². The van der Waals surface area contributed by atoms with Gasteiger partial charge in [0.2, 0.25) is 0 Å². The monoisotopic (exact) mass is 372 g/mol. The summed E-state index contributed by atoms with van der Waals surface area (Å²) in [5.74, 6) is -0.606. The number of fused-ring (bicyclic) bond motifs is 1. The van der Waals surface area contributed by atoms with Gasteiger partial charge < -0.3 is 9.30 Å². The van der Waals surface area contributed by atoms with E-state index in [4.69, 9.17) is 15.3 Å². The molecule has 0 saturated carbocycles. The first-order valence-corrected chi connectivity index (χ1v) is 9.15. The zero-order chi connectivity index (χ0) is 19.9. The van der Waals surface area contributed by atoms with Gasteiger partial charge in [-0.2, -0.15) is 10.5 Å². The first-order valence-electron chi connectivity index (χ1n) is 9.15. The Morgan fingerprint density at radius 2 is 1.96 bits per heavy atom. The Morgan fingerprint density at radius 1 is 1.18 bits per heavy atom. The molecule has 3 aromatic rings. The fourth-order valence-corrected chi connectivity index (χ4v) is 3.19. The minimum atomic E-state index is -0.353. The molecule has 0 amide bonds. The summed E-state index contributed by atoms with van der Waals surface area (Å²) in [5.41, 5.74) is 3.77. The molecule has 1 heterocycles. The number of benzene rings is 2. The van der Waals surface area contributed by atoms with Crippen LogP contribution in [-0.2, 0) is 22.5 Å². The number of aryl methyl sites for hydroxylation is 1. The smallest absolute Gasteiger partial charge is 0.310 e. The number of ether oxygens (including phenoxy) is 1. The van der Waals surface area contributed by atoms with E-state index in [1.807, 2.05) is 22.8 Å². The minimum absolute atomic E-state index is 0.253. The maximum atomic E-state index is 12.5. The van der Waals surface area contributed by atoms with Crippen LogP contribution in [0.15, 0.2) is 48.8 Å². The molecular weight excluding hydrogens is 352 g/mol. The number of carbonyl (C=O) groups is 1. The van der Waals surface area contributed by atoms with Crippen molar-refractivity contribution in [3.8, 4) is 12.1 Å². The lowest BCUT2D eigenvalue weighted by atomic mass is 9.98. The molecule has 0 aliphatic heterocycles. The summed E-state index contributed by atoms with van der Waals surface area (Å²) in [6.07, 6.45) is 2.94. The van der Waals surface area contributed by atoms with Crippen molar-refractivity contribution in [2.45, 2.75) is 26.3 Å². The summed E-state index contributed by atoms with van der Waals surface area (Å²) < 4.78 is 7.16. The van der Waals surface area contributed by atoms with Crippen LogP contribution in [0.25, 0.3) is 11.0 Å². The Morgan fingerprint density at radius 3 is 2.71 bits per heavy atom. The van der Waals surface area contributed by atoms with Crippen LogP contribution < -0.4 is 0 Å². The van der Waals surface area contributed by atoms with Gasteiger partial charge in [-0.05, 0) is 55.7 Å². The number of nitrogens with zero attached hydrogens (tertiary/aromatic N) is 4. The highest BCUT2D eigenvalue weighted by atomic mass is 16.5. The summed E-state index contributed by atoms with van der Waals surface area (Å²) in [6.45, 7) is 2.53. The fourth-order valence-electron chi connectivity index (χ4n) is 3.19. The van der Waals surface area contributed by atoms with Crippen LogP contribution in [0.2, 0.25) is 0 Å². The van der Waals surface area contributed by atoms with E-state index in [1.165, 1.54) is 0 Å². The van der Waals surface area contributed by atoms with Crippen molar-refractivity contribution in [2.75, 3.05) is 6.61 Å². The van der Waals surface area contributed by atoms with Crippen molar-refractivity contribution >= 4 is 17.0 Å². The molecule has 0 aliphatic rings. The largest absolute Gasteiger partial charge is 0.466 e. The SMILES string of the molecule is CCOC(=O)C(CCc1cccc(C#N)c1)Cn1cnc2ccc(C#N)cc21. The highest BCUT2D eigenvalue weighted by molar-refractivity contribution is 5.77. The predicted molar refractivity (Wildman–Crippen MR) is 104 cm³/mol. The highest BCUT2D eigenvalue weighted by Crippen LogP contribution is 2.20. The fraction of sp³-hybridized carbons (Fsp3) is 0.273. The lowest BCUT2D eigenvalue weighted by Gasteiger charge is -2.17. The van der Waals surface area contributed by atoms with Crippen LogP contribution in [-0.4, -0.2) is 22.1 Å². The first kappa shape index (κ1) is 19.1. The summed E-state index contributed by atoms with van der Waals surface area (Å²) in [7, 11) is 0. The number of carbonyl (C=O) groups excluding carboxylic acids is 1. The third-order valence-electron chi connectivity index (χ3n) is 4.62. The van der Waals surface area contributed by atoms with Gasteiger partial charge in [0, 0.05) is 6.54 Å². The van der Waals surface area contributed by atoms with Crippen LogP contribution in [0.4, 0.5) is 0 Å². The Kier molecular flexibility index (Phi) is 6.04. The van der Waals surface area contributed by atoms with Gasteiger partial charge in [0.05, 0.1) is 53.2 Å². The molecule has 140 valence electrons. The van der Waals surface area contributed by atoms with Gasteiger partial charge in [0.25, 0.3) is 0 Å². The van der Waals surface area contributed by atoms with E-state index in [-0.39, 0.29) is 11.9 Å². The molecule has 0 fully saturated rings. The van der Waals surface area contributed by atoms with Gasteiger partial charge in [-0.15, -0.1) is 0 Å². The minimum Gasteiger partial charge on any atom is -0.466 e. The van der Waals surface area contributed by atoms with Crippen molar-refractivity contribution in [3.05, 3.63) is 65.5 Å². The molecular formula is C22H20N4O2. The van der Waals surface area contributed by atoms with Gasteiger partial charge in [0.1, 0.15) is 0 Å². The molecule has 0 bridgehead atoms. The quantitative estimate of drug-likeness (QED) is 0.591. The molecule has 0 radical (unpaired) electrons. The molecule has 0 aliphatic carbocycles. The normalized spacial score (nSPS) is 11.5. The highest BCUT2D eigenvalue weighted by Gasteiger charge is 2.21. The summed E-state index contributed by atoms with van der Waals surface area (Å²) in [5, 5.41) is 18.2.